The topological polar surface area (TPSA) is 36.5 Å². The lowest BCUT2D eigenvalue weighted by Crippen LogP contribution is -2.18. The van der Waals surface area contributed by atoms with Crippen LogP contribution >= 0.6 is 26.6 Å². The van der Waals surface area contributed by atoms with Crippen molar-refractivity contribution in [3.05, 3.63) is 0 Å². The summed E-state index contributed by atoms with van der Waals surface area (Å²) in [6.07, 6.45) is 0. The molecule has 0 aromatic carbocycles. The van der Waals surface area contributed by atoms with Gasteiger partial charge in [0.25, 0.3) is 0 Å². The Balaban J connectivity index is 2.05. The molecule has 0 amide bonds. The first kappa shape index (κ1) is 10.2. The molecule has 0 radical (unpaired) electrons. The molecule has 4 nitrogen and oxygen atoms in total. The highest BCUT2D eigenvalue weighted by molar-refractivity contribution is 7.65. The summed E-state index contributed by atoms with van der Waals surface area (Å²) in [6.45, 7) is 5.12. The van der Waals surface area contributed by atoms with Gasteiger partial charge in [-0.1, -0.05) is 13.8 Å². The molecule has 0 aromatic heterocycles. The van der Waals surface area contributed by atoms with E-state index in [4.69, 9.17) is 4.84 Å². The fraction of sp³-hybridized carbons (Fsp3) is 1.00. The number of hydrogen-bond acceptors (Lipinski definition) is 4. The Morgan fingerprint density at radius 1 is 1.36 bits per heavy atom. The van der Waals surface area contributed by atoms with Crippen molar-refractivity contribution in [2.24, 2.45) is 5.92 Å². The van der Waals surface area contributed by atoms with Crippen molar-refractivity contribution >= 4 is 26.6 Å². The molecule has 1 aliphatic rings. The second-order valence-corrected chi connectivity index (χ2v) is 6.54. The van der Waals surface area contributed by atoms with E-state index in [9.17, 15) is 0 Å². The summed E-state index contributed by atoms with van der Waals surface area (Å²) in [6, 6.07) is 0. The van der Waals surface area contributed by atoms with E-state index in [1.165, 1.54) is 0 Å². The van der Waals surface area contributed by atoms with Gasteiger partial charge in [-0.15, -0.1) is 4.60 Å². The molecule has 66 valence electrons. The maximum Gasteiger partial charge on any atom is 0.0716 e. The quantitative estimate of drug-likeness (QED) is 0.698. The van der Waals surface area contributed by atoms with Crippen LogP contribution in [0.25, 0.3) is 0 Å². The van der Waals surface area contributed by atoms with Crippen molar-refractivity contribution in [2.75, 3.05) is 6.61 Å². The smallest absolute Gasteiger partial charge is 0.0716 e. The molecule has 2 N–H and O–H groups in total. The maximum atomic E-state index is 5.48. The maximum absolute atomic E-state index is 5.48. The van der Waals surface area contributed by atoms with Crippen LogP contribution in [0.1, 0.15) is 13.8 Å². The molecule has 2 atom stereocenters. The molecule has 1 heterocycles. The summed E-state index contributed by atoms with van der Waals surface area (Å²) in [5.41, 5.74) is 0. The van der Waals surface area contributed by atoms with Crippen molar-refractivity contribution in [3.8, 4) is 0 Å². The van der Waals surface area contributed by atoms with Crippen LogP contribution in [0.4, 0.5) is 0 Å². The van der Waals surface area contributed by atoms with Crippen LogP contribution < -0.4 is 9.72 Å². The predicted molar refractivity (Wildman–Crippen MR) is 53.8 cm³/mol. The molecule has 7 heteroatoms. The van der Waals surface area contributed by atoms with Crippen LogP contribution in [0.3, 0.4) is 0 Å². The lowest BCUT2D eigenvalue weighted by atomic mass is 10.2. The molecule has 0 bridgehead atoms. The summed E-state index contributed by atoms with van der Waals surface area (Å²) in [5, 5.41) is 0. The first-order valence-corrected chi connectivity index (χ1v) is 6.38. The van der Waals surface area contributed by atoms with Crippen LogP contribution in [0.15, 0.2) is 0 Å². The summed E-state index contributed by atoms with van der Waals surface area (Å²) < 4.78 is 1.95. The highest BCUT2D eigenvalue weighted by Gasteiger charge is 2.09. The van der Waals surface area contributed by atoms with Crippen LogP contribution in [0.2, 0.25) is 0 Å². The zero-order valence-corrected chi connectivity index (χ0v) is 9.64. The van der Waals surface area contributed by atoms with E-state index in [1.807, 2.05) is 4.60 Å². The summed E-state index contributed by atoms with van der Waals surface area (Å²) in [5.74, 6) is 0.606. The molecule has 0 saturated carbocycles. The first-order valence-electron chi connectivity index (χ1n) is 3.48. The third-order valence-electron chi connectivity index (χ3n) is 0.977. The summed E-state index contributed by atoms with van der Waals surface area (Å²) >= 11 is 0. The molecule has 11 heavy (non-hydrogen) atoms. The third-order valence-corrected chi connectivity index (χ3v) is 4.21. The predicted octanol–water partition coefficient (Wildman–Crippen LogP) is 1.59. The van der Waals surface area contributed by atoms with Crippen molar-refractivity contribution < 1.29 is 4.84 Å². The molecule has 0 aromatic rings. The molecular formula is C4H14N3OP3. The highest BCUT2D eigenvalue weighted by atomic mass is 31.2. The van der Waals surface area contributed by atoms with E-state index in [0.29, 0.717) is 32.6 Å². The fourth-order valence-electron chi connectivity index (χ4n) is 0.505. The largest absolute Gasteiger partial charge is 0.289 e. The minimum absolute atomic E-state index is 0.606. The van der Waals surface area contributed by atoms with Gasteiger partial charge < -0.3 is 0 Å². The Labute approximate surface area is 72.8 Å². The molecule has 0 aliphatic carbocycles. The van der Waals surface area contributed by atoms with Crippen molar-refractivity contribution in [1.82, 2.24) is 14.3 Å². The normalized spacial score (nSPS) is 27.5. The van der Waals surface area contributed by atoms with Gasteiger partial charge in [0.2, 0.25) is 0 Å². The van der Waals surface area contributed by atoms with E-state index < -0.39 is 0 Å². The van der Waals surface area contributed by atoms with Gasteiger partial charge in [-0.25, -0.2) is 0 Å². The average molecular weight is 213 g/mol. The van der Waals surface area contributed by atoms with Gasteiger partial charge in [-0.3, -0.25) is 14.6 Å². The van der Waals surface area contributed by atoms with Gasteiger partial charge in [-0.2, -0.15) is 0 Å². The molecular weight excluding hydrogens is 199 g/mol. The molecule has 1 rings (SSSR count). The monoisotopic (exact) mass is 213 g/mol. The van der Waals surface area contributed by atoms with Gasteiger partial charge in [0.05, 0.1) is 24.4 Å². The molecule has 2 unspecified atom stereocenters. The zero-order valence-electron chi connectivity index (χ0n) is 6.64. The van der Waals surface area contributed by atoms with E-state index in [2.05, 4.69) is 23.6 Å². The van der Waals surface area contributed by atoms with Gasteiger partial charge in [0.1, 0.15) is 0 Å². The Bertz CT molecular complexity index is 109. The minimum Gasteiger partial charge on any atom is -0.289 e. The number of nitrogens with one attached hydrogen (secondary N) is 2. The summed E-state index contributed by atoms with van der Waals surface area (Å²) in [7, 11) is 1.92. The van der Waals surface area contributed by atoms with E-state index in [1.54, 1.807) is 0 Å². The lowest BCUT2D eigenvalue weighted by molar-refractivity contribution is -0.0205. The minimum atomic E-state index is 0.606. The van der Waals surface area contributed by atoms with Crippen molar-refractivity contribution in [1.29, 1.82) is 0 Å². The van der Waals surface area contributed by atoms with Gasteiger partial charge in [0, 0.05) is 8.88 Å². The fourth-order valence-corrected chi connectivity index (χ4v) is 4.08. The van der Waals surface area contributed by atoms with Gasteiger partial charge >= 0.3 is 0 Å². The number of rotatable bonds is 3. The standard InChI is InChI=1S/C4H14N3OP3/c1-4(2)3-8-7-10-5-9-6-11-7/h4-6,9-11H,3H2,1-2H3. The summed E-state index contributed by atoms with van der Waals surface area (Å²) in [4.78, 5) is 11.9. The average Bonchev–Trinajstić information content (AvgIpc) is 2.03. The lowest BCUT2D eigenvalue weighted by Gasteiger charge is -2.26. The van der Waals surface area contributed by atoms with Crippen LogP contribution in [-0.4, -0.2) is 11.2 Å². The molecule has 1 aliphatic heterocycles. The second kappa shape index (κ2) is 5.72. The van der Waals surface area contributed by atoms with Gasteiger partial charge in [-0.05, 0) is 5.92 Å². The Kier molecular flexibility index (Phi) is 5.31. The molecule has 1 fully saturated rings. The zero-order chi connectivity index (χ0) is 8.10. The van der Waals surface area contributed by atoms with E-state index >= 15 is 0 Å². The molecule has 0 spiro atoms. The van der Waals surface area contributed by atoms with E-state index in [-0.39, 0.29) is 0 Å². The van der Waals surface area contributed by atoms with Crippen LogP contribution in [0.5, 0.6) is 0 Å². The first-order chi connectivity index (χ1) is 5.29. The number of nitrogens with zero attached hydrogens (tertiary/aromatic N) is 1. The highest BCUT2D eigenvalue weighted by Crippen LogP contribution is 2.37. The van der Waals surface area contributed by atoms with Gasteiger partial charge in [0.15, 0.2) is 0 Å². The van der Waals surface area contributed by atoms with Crippen LogP contribution in [-0.2, 0) is 4.84 Å². The second-order valence-electron chi connectivity index (χ2n) is 2.58. The third kappa shape index (κ3) is 4.65. The van der Waals surface area contributed by atoms with Crippen LogP contribution in [0, 0.1) is 5.92 Å². The van der Waals surface area contributed by atoms with E-state index in [0.717, 1.165) is 6.61 Å². The van der Waals surface area contributed by atoms with Crippen molar-refractivity contribution in [2.45, 2.75) is 13.8 Å². The SMILES string of the molecule is CC(C)CON1PNPNP1. The van der Waals surface area contributed by atoms with Crippen molar-refractivity contribution in [3.63, 3.8) is 0 Å². The Morgan fingerprint density at radius 3 is 2.55 bits per heavy atom. The Morgan fingerprint density at radius 2 is 2.00 bits per heavy atom. The molecule has 1 saturated heterocycles. The Hall–Kier alpha value is 1.13. The number of hydrogen-bond donors (Lipinski definition) is 2.